The zero-order valence-electron chi connectivity index (χ0n) is 15.4. The third kappa shape index (κ3) is 3.45. The van der Waals surface area contributed by atoms with Gasteiger partial charge in [0.25, 0.3) is 0 Å². The maximum atomic E-state index is 12.8. The number of nitriles is 1. The summed E-state index contributed by atoms with van der Waals surface area (Å²) in [4.78, 5) is 2.59. The minimum atomic E-state index is -3.53. The van der Waals surface area contributed by atoms with Crippen LogP contribution in [-0.2, 0) is 16.4 Å². The molecule has 1 N–H and O–H groups in total. The minimum Gasteiger partial charge on any atom is -0.370 e. The van der Waals surface area contributed by atoms with Gasteiger partial charge in [0.15, 0.2) is 0 Å². The Balaban J connectivity index is 1.56. The Kier molecular flexibility index (Phi) is 4.67. The van der Waals surface area contributed by atoms with Crippen LogP contribution in [-0.4, -0.2) is 27.5 Å². The van der Waals surface area contributed by atoms with Gasteiger partial charge in [0, 0.05) is 30.7 Å². The van der Waals surface area contributed by atoms with E-state index in [9.17, 15) is 8.42 Å². The van der Waals surface area contributed by atoms with Crippen LogP contribution in [0.1, 0.15) is 35.4 Å². The van der Waals surface area contributed by atoms with E-state index in [1.54, 1.807) is 18.2 Å². The first-order valence-corrected chi connectivity index (χ1v) is 10.8. The van der Waals surface area contributed by atoms with E-state index in [0.717, 1.165) is 25.1 Å². The van der Waals surface area contributed by atoms with Crippen LogP contribution in [0.2, 0.25) is 0 Å². The second kappa shape index (κ2) is 6.99. The summed E-state index contributed by atoms with van der Waals surface area (Å²) in [6, 6.07) is 15.4. The molecule has 0 spiro atoms. The van der Waals surface area contributed by atoms with E-state index in [4.69, 9.17) is 5.26 Å². The van der Waals surface area contributed by atoms with E-state index < -0.39 is 10.0 Å². The maximum absolute atomic E-state index is 12.8. The van der Waals surface area contributed by atoms with Crippen molar-refractivity contribution in [1.29, 1.82) is 5.26 Å². The molecule has 0 saturated heterocycles. The third-order valence-electron chi connectivity index (χ3n) is 5.51. The lowest BCUT2D eigenvalue weighted by Crippen LogP contribution is -2.40. The molecule has 6 heteroatoms. The van der Waals surface area contributed by atoms with Crippen molar-refractivity contribution in [3.8, 4) is 6.07 Å². The predicted octanol–water partition coefficient (Wildman–Crippen LogP) is 3.11. The Bertz CT molecular complexity index is 1010. The highest BCUT2D eigenvalue weighted by Gasteiger charge is 2.37. The van der Waals surface area contributed by atoms with Crippen LogP contribution in [0, 0.1) is 18.3 Å². The van der Waals surface area contributed by atoms with Gasteiger partial charge in [-0.3, -0.25) is 0 Å². The first-order chi connectivity index (χ1) is 13.0. The lowest BCUT2D eigenvalue weighted by atomic mass is 9.82. The minimum absolute atomic E-state index is 0.112. The van der Waals surface area contributed by atoms with Gasteiger partial charge in [-0.25, -0.2) is 13.1 Å². The molecule has 1 heterocycles. The van der Waals surface area contributed by atoms with Gasteiger partial charge in [0.2, 0.25) is 10.0 Å². The molecule has 0 aromatic heterocycles. The van der Waals surface area contributed by atoms with E-state index >= 15 is 0 Å². The van der Waals surface area contributed by atoms with E-state index in [0.29, 0.717) is 23.7 Å². The maximum Gasteiger partial charge on any atom is 0.240 e. The van der Waals surface area contributed by atoms with Crippen molar-refractivity contribution in [3.05, 3.63) is 59.2 Å². The molecular weight excluding hydrogens is 358 g/mol. The van der Waals surface area contributed by atoms with E-state index in [1.807, 2.05) is 19.1 Å². The monoisotopic (exact) mass is 381 g/mol. The van der Waals surface area contributed by atoms with Gasteiger partial charge < -0.3 is 4.90 Å². The normalized spacial score (nSPS) is 21.0. The largest absolute Gasteiger partial charge is 0.370 e. The number of nitrogens with one attached hydrogen (secondary N) is 1. The van der Waals surface area contributed by atoms with Gasteiger partial charge in [0.1, 0.15) is 0 Å². The van der Waals surface area contributed by atoms with Crippen molar-refractivity contribution in [3.63, 3.8) is 0 Å². The van der Waals surface area contributed by atoms with Crippen LogP contribution in [0.5, 0.6) is 0 Å². The molecule has 2 atom stereocenters. The molecule has 0 bridgehead atoms. The van der Waals surface area contributed by atoms with Crippen LogP contribution in [0.25, 0.3) is 0 Å². The lowest BCUT2D eigenvalue weighted by Gasteiger charge is -2.29. The second-order valence-electron chi connectivity index (χ2n) is 7.48. The van der Waals surface area contributed by atoms with Crippen LogP contribution < -0.4 is 9.62 Å². The summed E-state index contributed by atoms with van der Waals surface area (Å²) in [5, 5.41) is 8.91. The molecule has 0 amide bonds. The average molecular weight is 382 g/mol. The Labute approximate surface area is 160 Å². The highest BCUT2D eigenvalue weighted by atomic mass is 32.2. The summed E-state index contributed by atoms with van der Waals surface area (Å²) in [6.07, 6.45) is 1.99. The second-order valence-corrected chi connectivity index (χ2v) is 9.19. The lowest BCUT2D eigenvalue weighted by molar-refractivity contribution is 0.465. The highest BCUT2D eigenvalue weighted by Crippen LogP contribution is 2.44. The van der Waals surface area contributed by atoms with Crippen molar-refractivity contribution in [2.75, 3.05) is 18.0 Å². The Morgan fingerprint density at radius 3 is 2.85 bits per heavy atom. The quantitative estimate of drug-likeness (QED) is 0.864. The molecule has 2 unspecified atom stereocenters. The number of anilines is 1. The molecule has 4 rings (SSSR count). The highest BCUT2D eigenvalue weighted by molar-refractivity contribution is 7.89. The molecule has 27 heavy (non-hydrogen) atoms. The summed E-state index contributed by atoms with van der Waals surface area (Å²) < 4.78 is 28.6. The first-order valence-electron chi connectivity index (χ1n) is 9.30. The van der Waals surface area contributed by atoms with Crippen molar-refractivity contribution in [2.45, 2.75) is 43.0 Å². The van der Waals surface area contributed by atoms with Crippen molar-refractivity contribution >= 4 is 15.7 Å². The third-order valence-corrected chi connectivity index (χ3v) is 7.03. The summed E-state index contributed by atoms with van der Waals surface area (Å²) in [7, 11) is -3.53. The predicted molar refractivity (Wildman–Crippen MR) is 105 cm³/mol. The number of hydrogen-bond acceptors (Lipinski definition) is 4. The van der Waals surface area contributed by atoms with Gasteiger partial charge in [-0.15, -0.1) is 0 Å². The Morgan fingerprint density at radius 2 is 2.07 bits per heavy atom. The fraction of sp³-hybridized carbons (Fsp3) is 0.381. The van der Waals surface area contributed by atoms with E-state index in [1.165, 1.54) is 16.8 Å². The SMILES string of the molecule is Cc1cccc(S(=O)(=O)NC2Cc3cccc4c3C(C2)CN4CCC#N)c1. The molecular formula is C21H23N3O2S. The summed E-state index contributed by atoms with van der Waals surface area (Å²) >= 11 is 0. The zero-order valence-corrected chi connectivity index (χ0v) is 16.2. The standard InChI is InChI=1S/C21H23N3O2S/c1-15-5-2-7-19(11-15)27(25,26)23-18-12-16-6-3-8-20-21(16)17(13-18)14-24(20)10-4-9-22/h2-3,5-8,11,17-18,23H,4,10,12-14H2,1H3. The van der Waals surface area contributed by atoms with E-state index in [2.05, 4.69) is 27.8 Å². The fourth-order valence-electron chi connectivity index (χ4n) is 4.42. The Morgan fingerprint density at radius 1 is 1.26 bits per heavy atom. The van der Waals surface area contributed by atoms with Crippen molar-refractivity contribution < 1.29 is 8.42 Å². The van der Waals surface area contributed by atoms with Gasteiger partial charge >= 0.3 is 0 Å². The number of benzene rings is 2. The molecule has 2 aliphatic rings. The number of rotatable bonds is 5. The van der Waals surface area contributed by atoms with Gasteiger partial charge in [0.05, 0.1) is 17.4 Å². The molecule has 2 aromatic rings. The van der Waals surface area contributed by atoms with Gasteiger partial charge in [-0.2, -0.15) is 5.26 Å². The Hall–Kier alpha value is -2.36. The summed E-state index contributed by atoms with van der Waals surface area (Å²) in [5.41, 5.74) is 4.72. The molecule has 5 nitrogen and oxygen atoms in total. The van der Waals surface area contributed by atoms with Crippen LogP contribution in [0.15, 0.2) is 47.4 Å². The van der Waals surface area contributed by atoms with Gasteiger partial charge in [-0.05, 0) is 54.7 Å². The topological polar surface area (TPSA) is 73.2 Å². The molecule has 0 fully saturated rings. The molecule has 1 aliphatic heterocycles. The number of aryl methyl sites for hydroxylation is 1. The van der Waals surface area contributed by atoms with Crippen LogP contribution in [0.4, 0.5) is 5.69 Å². The first kappa shape index (κ1) is 18.0. The van der Waals surface area contributed by atoms with Crippen LogP contribution >= 0.6 is 0 Å². The average Bonchev–Trinajstić information content (AvgIpc) is 2.99. The van der Waals surface area contributed by atoms with Crippen molar-refractivity contribution in [1.82, 2.24) is 4.72 Å². The number of sulfonamides is 1. The zero-order chi connectivity index (χ0) is 19.0. The van der Waals surface area contributed by atoms with Crippen LogP contribution in [0.3, 0.4) is 0 Å². The smallest absolute Gasteiger partial charge is 0.240 e. The molecule has 0 radical (unpaired) electrons. The number of hydrogen-bond donors (Lipinski definition) is 1. The van der Waals surface area contributed by atoms with Crippen molar-refractivity contribution in [2.24, 2.45) is 0 Å². The molecule has 0 saturated carbocycles. The summed E-state index contributed by atoms with van der Waals surface area (Å²) in [5.74, 6) is 0.314. The molecule has 1 aliphatic carbocycles. The fourth-order valence-corrected chi connectivity index (χ4v) is 5.77. The van der Waals surface area contributed by atoms with Gasteiger partial charge in [-0.1, -0.05) is 24.3 Å². The molecule has 2 aromatic carbocycles. The summed E-state index contributed by atoms with van der Waals surface area (Å²) in [6.45, 7) is 3.48. The van der Waals surface area contributed by atoms with E-state index in [-0.39, 0.29) is 6.04 Å². The molecule has 140 valence electrons. The number of nitrogens with zero attached hydrogens (tertiary/aromatic N) is 2.